The fourth-order valence-corrected chi connectivity index (χ4v) is 3.23. The lowest BCUT2D eigenvalue weighted by Gasteiger charge is -2.32. The Labute approximate surface area is 155 Å². The molecule has 140 valence electrons. The van der Waals surface area contributed by atoms with E-state index in [0.29, 0.717) is 6.54 Å². The predicted molar refractivity (Wildman–Crippen MR) is 106 cm³/mol. The van der Waals surface area contributed by atoms with Gasteiger partial charge in [0.15, 0.2) is 6.10 Å². The molecule has 1 atom stereocenters. The lowest BCUT2D eigenvalue weighted by Crippen LogP contribution is -2.45. The summed E-state index contributed by atoms with van der Waals surface area (Å²) in [5.41, 5.74) is 0. The quantitative estimate of drug-likeness (QED) is 0.775. The number of rotatable bonds is 7. The minimum Gasteiger partial charge on any atom is -0.481 e. The van der Waals surface area contributed by atoms with E-state index < -0.39 is 6.10 Å². The van der Waals surface area contributed by atoms with Crippen LogP contribution in [0.25, 0.3) is 10.8 Å². The average Bonchev–Trinajstić information content (AvgIpc) is 2.66. The van der Waals surface area contributed by atoms with Crippen LogP contribution in [0.3, 0.4) is 0 Å². The van der Waals surface area contributed by atoms with E-state index in [1.807, 2.05) is 36.4 Å². The zero-order valence-electron chi connectivity index (χ0n) is 15.8. The molecule has 5 heteroatoms. The van der Waals surface area contributed by atoms with Crippen LogP contribution >= 0.6 is 0 Å². The molecule has 2 aromatic carbocycles. The zero-order chi connectivity index (χ0) is 18.4. The van der Waals surface area contributed by atoms with E-state index in [9.17, 15) is 4.79 Å². The fourth-order valence-electron chi connectivity index (χ4n) is 3.23. The fraction of sp³-hybridized carbons (Fsp3) is 0.476. The summed E-state index contributed by atoms with van der Waals surface area (Å²) in [6.45, 7) is 8.01. The van der Waals surface area contributed by atoms with Crippen molar-refractivity contribution in [1.82, 2.24) is 15.1 Å². The number of likely N-dealkylation sites (N-methyl/N-ethyl adjacent to an activating group) is 1. The van der Waals surface area contributed by atoms with Crippen molar-refractivity contribution in [2.75, 3.05) is 46.3 Å². The highest BCUT2D eigenvalue weighted by Gasteiger charge is 2.16. The monoisotopic (exact) mass is 355 g/mol. The Kier molecular flexibility index (Phi) is 6.47. The maximum atomic E-state index is 12.2. The molecule has 1 fully saturated rings. The van der Waals surface area contributed by atoms with Gasteiger partial charge in [0, 0.05) is 32.7 Å². The van der Waals surface area contributed by atoms with Gasteiger partial charge in [-0.25, -0.2) is 0 Å². The molecule has 0 aliphatic carbocycles. The number of nitrogens with zero attached hydrogens (tertiary/aromatic N) is 2. The number of piperazine rings is 1. The minimum absolute atomic E-state index is 0.0588. The van der Waals surface area contributed by atoms with Gasteiger partial charge in [0.25, 0.3) is 5.91 Å². The second kappa shape index (κ2) is 9.01. The van der Waals surface area contributed by atoms with E-state index >= 15 is 0 Å². The number of carbonyl (C=O) groups is 1. The summed E-state index contributed by atoms with van der Waals surface area (Å²) in [5.74, 6) is 0.667. The van der Waals surface area contributed by atoms with E-state index in [2.05, 4.69) is 28.2 Å². The predicted octanol–water partition coefficient (Wildman–Crippen LogP) is 2.36. The van der Waals surface area contributed by atoms with Crippen molar-refractivity contribution in [2.45, 2.75) is 19.4 Å². The number of fused-ring (bicyclic) bond motifs is 1. The van der Waals surface area contributed by atoms with Crippen molar-refractivity contribution < 1.29 is 9.53 Å². The summed E-state index contributed by atoms with van der Waals surface area (Å²) in [7, 11) is 2.16. The molecule has 0 bridgehead atoms. The van der Waals surface area contributed by atoms with Crippen LogP contribution in [0.2, 0.25) is 0 Å². The molecule has 0 unspecified atom stereocenters. The number of hydrogen-bond acceptors (Lipinski definition) is 4. The van der Waals surface area contributed by atoms with Crippen LogP contribution in [-0.2, 0) is 4.79 Å². The second-order valence-corrected chi connectivity index (χ2v) is 7.06. The van der Waals surface area contributed by atoms with Gasteiger partial charge in [-0.1, -0.05) is 30.3 Å². The molecule has 0 spiro atoms. The number of amides is 1. The van der Waals surface area contributed by atoms with Gasteiger partial charge in [-0.2, -0.15) is 0 Å². The second-order valence-electron chi connectivity index (χ2n) is 7.06. The van der Waals surface area contributed by atoms with Gasteiger partial charge >= 0.3 is 0 Å². The van der Waals surface area contributed by atoms with Crippen LogP contribution in [-0.4, -0.2) is 68.1 Å². The number of ether oxygens (including phenoxy) is 1. The van der Waals surface area contributed by atoms with Crippen molar-refractivity contribution in [2.24, 2.45) is 0 Å². The van der Waals surface area contributed by atoms with Crippen LogP contribution in [0.1, 0.15) is 13.3 Å². The van der Waals surface area contributed by atoms with Crippen LogP contribution < -0.4 is 10.1 Å². The number of carbonyl (C=O) groups excluding carboxylic acids is 1. The molecule has 0 radical (unpaired) electrons. The first-order chi connectivity index (χ1) is 12.6. The van der Waals surface area contributed by atoms with Crippen molar-refractivity contribution in [3.63, 3.8) is 0 Å². The molecule has 0 aromatic heterocycles. The lowest BCUT2D eigenvalue weighted by molar-refractivity contribution is -0.127. The highest BCUT2D eigenvalue weighted by atomic mass is 16.5. The van der Waals surface area contributed by atoms with E-state index in [1.54, 1.807) is 6.92 Å². The van der Waals surface area contributed by atoms with E-state index in [-0.39, 0.29) is 5.91 Å². The van der Waals surface area contributed by atoms with Crippen molar-refractivity contribution in [3.05, 3.63) is 42.5 Å². The van der Waals surface area contributed by atoms with Gasteiger partial charge in [-0.3, -0.25) is 4.79 Å². The Balaban J connectivity index is 1.39. The molecular formula is C21H29N3O2. The summed E-state index contributed by atoms with van der Waals surface area (Å²) in [4.78, 5) is 17.1. The maximum Gasteiger partial charge on any atom is 0.260 e. The summed E-state index contributed by atoms with van der Waals surface area (Å²) in [5, 5.41) is 5.27. The van der Waals surface area contributed by atoms with Gasteiger partial charge < -0.3 is 19.9 Å². The van der Waals surface area contributed by atoms with Gasteiger partial charge in [0.1, 0.15) is 5.75 Å². The molecule has 1 heterocycles. The summed E-state index contributed by atoms with van der Waals surface area (Å²) < 4.78 is 5.82. The van der Waals surface area contributed by atoms with Crippen LogP contribution in [0, 0.1) is 0 Å². The Morgan fingerprint density at radius 1 is 1.12 bits per heavy atom. The maximum absolute atomic E-state index is 12.2. The van der Waals surface area contributed by atoms with Crippen molar-refractivity contribution in [1.29, 1.82) is 0 Å². The normalized spacial score (nSPS) is 17.2. The van der Waals surface area contributed by atoms with Gasteiger partial charge in [0.05, 0.1) is 0 Å². The van der Waals surface area contributed by atoms with Gasteiger partial charge in [-0.15, -0.1) is 0 Å². The number of hydrogen-bond donors (Lipinski definition) is 1. The zero-order valence-corrected chi connectivity index (χ0v) is 15.8. The van der Waals surface area contributed by atoms with E-state index in [0.717, 1.165) is 50.3 Å². The Hall–Kier alpha value is -2.11. The smallest absolute Gasteiger partial charge is 0.260 e. The Morgan fingerprint density at radius 3 is 2.62 bits per heavy atom. The Bertz CT molecular complexity index is 726. The molecule has 1 aliphatic rings. The van der Waals surface area contributed by atoms with E-state index in [4.69, 9.17) is 4.74 Å². The summed E-state index contributed by atoms with van der Waals surface area (Å²) in [6, 6.07) is 14.0. The lowest BCUT2D eigenvalue weighted by atomic mass is 10.1. The van der Waals surface area contributed by atoms with Crippen molar-refractivity contribution >= 4 is 16.7 Å². The average molecular weight is 355 g/mol. The highest BCUT2D eigenvalue weighted by molar-refractivity contribution is 5.84. The number of nitrogens with one attached hydrogen (secondary N) is 1. The van der Waals surface area contributed by atoms with E-state index in [1.165, 1.54) is 5.39 Å². The molecule has 1 amide bonds. The third-order valence-corrected chi connectivity index (χ3v) is 4.95. The van der Waals surface area contributed by atoms with Gasteiger partial charge in [0.2, 0.25) is 0 Å². The molecule has 1 saturated heterocycles. The molecule has 3 rings (SSSR count). The topological polar surface area (TPSA) is 44.8 Å². The SMILES string of the molecule is C[C@H](Oc1ccc2ccccc2c1)C(=O)NCCCN1CCN(C)CC1. The number of benzene rings is 2. The Morgan fingerprint density at radius 2 is 1.85 bits per heavy atom. The summed E-state index contributed by atoms with van der Waals surface area (Å²) >= 11 is 0. The summed E-state index contributed by atoms with van der Waals surface area (Å²) in [6.07, 6.45) is 0.470. The largest absolute Gasteiger partial charge is 0.481 e. The molecule has 26 heavy (non-hydrogen) atoms. The first-order valence-corrected chi connectivity index (χ1v) is 9.46. The highest BCUT2D eigenvalue weighted by Crippen LogP contribution is 2.21. The minimum atomic E-state index is -0.500. The van der Waals surface area contributed by atoms with Gasteiger partial charge in [-0.05, 0) is 49.8 Å². The molecule has 5 nitrogen and oxygen atoms in total. The van der Waals surface area contributed by atoms with Crippen LogP contribution in [0.4, 0.5) is 0 Å². The third kappa shape index (κ3) is 5.19. The molecule has 1 aliphatic heterocycles. The standard InChI is InChI=1S/C21H29N3O2/c1-17(26-20-9-8-18-6-3-4-7-19(18)16-20)21(25)22-10-5-11-24-14-12-23(2)13-15-24/h3-4,6-9,16-17H,5,10-15H2,1-2H3,(H,22,25)/t17-/m0/s1. The van der Waals surface area contributed by atoms with Crippen LogP contribution in [0.5, 0.6) is 5.75 Å². The molecule has 1 N–H and O–H groups in total. The molecular weight excluding hydrogens is 326 g/mol. The molecule has 2 aromatic rings. The molecule has 0 saturated carbocycles. The van der Waals surface area contributed by atoms with Crippen molar-refractivity contribution in [3.8, 4) is 5.75 Å². The third-order valence-electron chi connectivity index (χ3n) is 4.95. The first kappa shape index (κ1) is 18.7. The first-order valence-electron chi connectivity index (χ1n) is 9.46. The van der Waals surface area contributed by atoms with Crippen LogP contribution in [0.15, 0.2) is 42.5 Å².